The van der Waals surface area contributed by atoms with Gasteiger partial charge in [-0.15, -0.1) is 0 Å². The van der Waals surface area contributed by atoms with Crippen LogP contribution in [0.25, 0.3) is 22.3 Å². The fourth-order valence-electron chi connectivity index (χ4n) is 3.70. The summed E-state index contributed by atoms with van der Waals surface area (Å²) in [6.07, 6.45) is 0. The lowest BCUT2D eigenvalue weighted by Crippen LogP contribution is -2.27. The van der Waals surface area contributed by atoms with Crippen molar-refractivity contribution in [3.63, 3.8) is 0 Å². The number of esters is 1. The number of aromatic hydroxyl groups is 1. The summed E-state index contributed by atoms with van der Waals surface area (Å²) in [6, 6.07) is 21.0. The van der Waals surface area contributed by atoms with Gasteiger partial charge in [0.2, 0.25) is 0 Å². The van der Waals surface area contributed by atoms with E-state index in [2.05, 4.69) is 18.7 Å². The number of carbonyl (C=O) groups is 1. The van der Waals surface area contributed by atoms with E-state index >= 15 is 0 Å². The van der Waals surface area contributed by atoms with E-state index in [0.29, 0.717) is 46.1 Å². The van der Waals surface area contributed by atoms with Crippen LogP contribution < -0.4 is 5.36 Å². The van der Waals surface area contributed by atoms with Crippen LogP contribution in [0.3, 0.4) is 0 Å². The van der Waals surface area contributed by atoms with Crippen molar-refractivity contribution in [2.24, 2.45) is 4.99 Å². The zero-order valence-electron chi connectivity index (χ0n) is 19.7. The molecule has 0 bridgehead atoms. The van der Waals surface area contributed by atoms with Gasteiger partial charge in [0.05, 0.1) is 16.6 Å². The van der Waals surface area contributed by atoms with Crippen LogP contribution in [-0.4, -0.2) is 42.2 Å². The van der Waals surface area contributed by atoms with Crippen molar-refractivity contribution in [1.82, 2.24) is 4.90 Å². The average molecular weight is 491 g/mol. The van der Waals surface area contributed by atoms with E-state index in [1.165, 1.54) is 0 Å². The number of halogens is 1. The highest BCUT2D eigenvalue weighted by Crippen LogP contribution is 2.26. The SMILES string of the molecule is CCN(CC)CCOC(=O)c1ccc(N=c2cc(-c3ccc(O)cc3)oc3ccc(Cl)cc23)cc1. The second-order valence-corrected chi connectivity index (χ2v) is 8.44. The molecule has 0 aliphatic heterocycles. The molecule has 0 spiro atoms. The minimum atomic E-state index is -0.353. The normalized spacial score (nSPS) is 11.8. The summed E-state index contributed by atoms with van der Waals surface area (Å²) in [5.41, 5.74) is 2.59. The van der Waals surface area contributed by atoms with Crippen LogP contribution in [0.5, 0.6) is 5.75 Å². The van der Waals surface area contributed by atoms with Gasteiger partial charge in [-0.1, -0.05) is 25.4 Å². The molecule has 0 saturated carbocycles. The largest absolute Gasteiger partial charge is 0.508 e. The maximum Gasteiger partial charge on any atom is 0.338 e. The second-order valence-electron chi connectivity index (χ2n) is 8.00. The van der Waals surface area contributed by atoms with E-state index in [1.54, 1.807) is 66.7 Å². The molecule has 0 aliphatic rings. The number of benzene rings is 3. The molecule has 4 rings (SSSR count). The average Bonchev–Trinajstić information content (AvgIpc) is 2.87. The predicted octanol–water partition coefficient (Wildman–Crippen LogP) is 6.19. The third-order valence-electron chi connectivity index (χ3n) is 5.74. The van der Waals surface area contributed by atoms with Crippen molar-refractivity contribution < 1.29 is 19.1 Å². The molecular formula is C28H27ClN2O4. The molecule has 0 radical (unpaired) electrons. The number of rotatable bonds is 8. The van der Waals surface area contributed by atoms with Crippen LogP contribution in [0.15, 0.2) is 82.2 Å². The fourth-order valence-corrected chi connectivity index (χ4v) is 3.88. The summed E-state index contributed by atoms with van der Waals surface area (Å²) in [5.74, 6) is 0.430. The van der Waals surface area contributed by atoms with Crippen molar-refractivity contribution in [3.8, 4) is 17.1 Å². The highest BCUT2D eigenvalue weighted by atomic mass is 35.5. The van der Waals surface area contributed by atoms with Crippen LogP contribution in [0.2, 0.25) is 5.02 Å². The summed E-state index contributed by atoms with van der Waals surface area (Å²) in [5, 5.41) is 11.6. The molecule has 6 nitrogen and oxygen atoms in total. The Morgan fingerprint density at radius 3 is 2.40 bits per heavy atom. The number of phenols is 1. The van der Waals surface area contributed by atoms with Gasteiger partial charge in [0.15, 0.2) is 0 Å². The molecule has 1 aromatic heterocycles. The molecule has 0 aliphatic carbocycles. The minimum absolute atomic E-state index is 0.179. The Morgan fingerprint density at radius 1 is 1.00 bits per heavy atom. The van der Waals surface area contributed by atoms with Crippen molar-refractivity contribution in [1.29, 1.82) is 0 Å². The van der Waals surface area contributed by atoms with Crippen LogP contribution >= 0.6 is 11.6 Å². The topological polar surface area (TPSA) is 75.3 Å². The van der Waals surface area contributed by atoms with E-state index in [9.17, 15) is 9.90 Å². The maximum atomic E-state index is 12.4. The molecule has 1 heterocycles. The van der Waals surface area contributed by atoms with E-state index in [0.717, 1.165) is 24.0 Å². The summed E-state index contributed by atoms with van der Waals surface area (Å²) in [6.45, 7) is 7.08. The number of carbonyl (C=O) groups excluding carboxylic acids is 1. The molecule has 0 unspecified atom stereocenters. The Balaban J connectivity index is 1.63. The van der Waals surface area contributed by atoms with Gasteiger partial charge >= 0.3 is 5.97 Å². The van der Waals surface area contributed by atoms with Crippen LogP contribution in [-0.2, 0) is 4.74 Å². The quantitative estimate of drug-likeness (QED) is 0.298. The highest BCUT2D eigenvalue weighted by Gasteiger charge is 2.10. The van der Waals surface area contributed by atoms with E-state index < -0.39 is 0 Å². The third kappa shape index (κ3) is 6.10. The van der Waals surface area contributed by atoms with Gasteiger partial charge < -0.3 is 19.2 Å². The van der Waals surface area contributed by atoms with Crippen LogP contribution in [0, 0.1) is 0 Å². The monoisotopic (exact) mass is 490 g/mol. The fraction of sp³-hybridized carbons (Fsp3) is 0.214. The lowest BCUT2D eigenvalue weighted by atomic mass is 10.1. The molecular weight excluding hydrogens is 464 g/mol. The zero-order valence-corrected chi connectivity index (χ0v) is 20.5. The maximum absolute atomic E-state index is 12.4. The van der Waals surface area contributed by atoms with Gasteiger partial charge in [-0.25, -0.2) is 9.79 Å². The first kappa shape index (κ1) is 24.5. The van der Waals surface area contributed by atoms with Gasteiger partial charge in [-0.05, 0) is 79.8 Å². The molecule has 0 saturated heterocycles. The van der Waals surface area contributed by atoms with Crippen LogP contribution in [0.1, 0.15) is 24.2 Å². The Bertz CT molecular complexity index is 1380. The molecule has 7 heteroatoms. The van der Waals surface area contributed by atoms with Gasteiger partial charge in [-0.2, -0.15) is 0 Å². The predicted molar refractivity (Wildman–Crippen MR) is 138 cm³/mol. The number of fused-ring (bicyclic) bond motifs is 1. The second kappa shape index (κ2) is 11.2. The Kier molecular flexibility index (Phi) is 7.85. The van der Waals surface area contributed by atoms with E-state index in [-0.39, 0.29) is 11.7 Å². The number of hydrogen-bond donors (Lipinski definition) is 1. The van der Waals surface area contributed by atoms with Gasteiger partial charge in [0.25, 0.3) is 0 Å². The number of hydrogen-bond acceptors (Lipinski definition) is 6. The molecule has 180 valence electrons. The number of ether oxygens (including phenoxy) is 1. The van der Waals surface area contributed by atoms with Crippen molar-refractivity contribution in [3.05, 3.63) is 88.7 Å². The third-order valence-corrected chi connectivity index (χ3v) is 5.98. The molecule has 35 heavy (non-hydrogen) atoms. The molecule has 0 fully saturated rings. The molecule has 0 atom stereocenters. The minimum Gasteiger partial charge on any atom is -0.508 e. The lowest BCUT2D eigenvalue weighted by molar-refractivity contribution is 0.0466. The van der Waals surface area contributed by atoms with Gasteiger partial charge in [-0.3, -0.25) is 0 Å². The smallest absolute Gasteiger partial charge is 0.338 e. The standard InChI is InChI=1S/C28H27ClN2O4/c1-3-31(4-2)15-16-34-28(33)20-5-10-22(11-6-20)30-25-18-27(19-7-12-23(32)13-8-19)35-26-14-9-21(29)17-24(25)26/h5-14,17-18,32H,3-4,15-16H2,1-2H3. The van der Waals surface area contributed by atoms with Crippen molar-refractivity contribution in [2.45, 2.75) is 13.8 Å². The molecule has 4 aromatic rings. The summed E-state index contributed by atoms with van der Waals surface area (Å²) < 4.78 is 11.5. The Morgan fingerprint density at radius 2 is 1.71 bits per heavy atom. The van der Waals surface area contributed by atoms with Gasteiger partial charge in [0, 0.05) is 28.6 Å². The first-order valence-corrected chi connectivity index (χ1v) is 11.9. The Hall–Kier alpha value is -3.61. The molecule has 1 N–H and O–H groups in total. The highest BCUT2D eigenvalue weighted by molar-refractivity contribution is 6.31. The summed E-state index contributed by atoms with van der Waals surface area (Å²) in [4.78, 5) is 19.4. The first-order valence-electron chi connectivity index (χ1n) is 11.5. The number of phenolic OH excluding ortho intramolecular Hbond substituents is 1. The summed E-state index contributed by atoms with van der Waals surface area (Å²) in [7, 11) is 0. The Labute approximate surface area is 209 Å². The lowest BCUT2D eigenvalue weighted by Gasteiger charge is -2.17. The van der Waals surface area contributed by atoms with Crippen LogP contribution in [0.4, 0.5) is 5.69 Å². The van der Waals surface area contributed by atoms with E-state index in [4.69, 9.17) is 25.7 Å². The summed E-state index contributed by atoms with van der Waals surface area (Å²) >= 11 is 6.24. The zero-order chi connectivity index (χ0) is 24.8. The van der Waals surface area contributed by atoms with Crippen molar-refractivity contribution in [2.75, 3.05) is 26.2 Å². The van der Waals surface area contributed by atoms with Gasteiger partial charge in [0.1, 0.15) is 23.7 Å². The molecule has 3 aromatic carbocycles. The molecule has 0 amide bonds. The van der Waals surface area contributed by atoms with E-state index in [1.807, 2.05) is 6.07 Å². The number of likely N-dealkylation sites (N-methyl/N-ethyl adjacent to an activating group) is 1. The van der Waals surface area contributed by atoms with Crippen molar-refractivity contribution >= 4 is 34.2 Å². The first-order chi connectivity index (χ1) is 17.0. The number of nitrogens with zero attached hydrogens (tertiary/aromatic N) is 2.